The van der Waals surface area contributed by atoms with Crippen molar-refractivity contribution in [2.45, 2.75) is 27.0 Å². The van der Waals surface area contributed by atoms with E-state index in [4.69, 9.17) is 0 Å². The summed E-state index contributed by atoms with van der Waals surface area (Å²) in [5.74, 6) is 0.660. The molecule has 0 aromatic carbocycles. The smallest absolute Gasteiger partial charge is 0.159 e. The van der Waals surface area contributed by atoms with Gasteiger partial charge in [-0.3, -0.25) is 20.1 Å². The second kappa shape index (κ2) is 7.13. The van der Waals surface area contributed by atoms with E-state index in [0.717, 1.165) is 38.9 Å². The predicted octanol–water partition coefficient (Wildman–Crippen LogP) is 3.73. The summed E-state index contributed by atoms with van der Waals surface area (Å²) in [6, 6.07) is 5.76. The van der Waals surface area contributed by atoms with Crippen LogP contribution in [-0.4, -0.2) is 46.5 Å². The fraction of sp³-hybridized carbons (Fsp3) is 0.227. The second-order valence-corrected chi connectivity index (χ2v) is 8.54. The van der Waals surface area contributed by atoms with Crippen LogP contribution in [0.5, 0.6) is 0 Å². The number of H-pyrrole nitrogens is 2. The third-order valence-electron chi connectivity index (χ3n) is 5.11. The monoisotopic (exact) mass is 414 g/mol. The SMILES string of the molecule is CC(C)(C)C(O)Nc1cncc(-c2cc3c(-c4nc5cnccc5[nH]4)n[nH]c3cn2)c1. The van der Waals surface area contributed by atoms with E-state index in [-0.39, 0.29) is 5.41 Å². The molecule has 0 amide bonds. The number of aromatic amines is 2. The quantitative estimate of drug-likeness (QED) is 0.330. The molecule has 5 rings (SSSR count). The molecule has 0 fully saturated rings. The van der Waals surface area contributed by atoms with E-state index in [1.807, 2.05) is 39.0 Å². The van der Waals surface area contributed by atoms with Gasteiger partial charge in [0.2, 0.25) is 0 Å². The van der Waals surface area contributed by atoms with Gasteiger partial charge in [-0.2, -0.15) is 5.10 Å². The summed E-state index contributed by atoms with van der Waals surface area (Å²) in [5, 5.41) is 21.8. The van der Waals surface area contributed by atoms with Crippen molar-refractivity contribution in [1.82, 2.24) is 35.1 Å². The van der Waals surface area contributed by atoms with Crippen molar-refractivity contribution >= 4 is 27.6 Å². The van der Waals surface area contributed by atoms with Crippen molar-refractivity contribution in [2.24, 2.45) is 5.41 Å². The van der Waals surface area contributed by atoms with Gasteiger partial charge in [0.05, 0.1) is 41.0 Å². The highest BCUT2D eigenvalue weighted by Gasteiger charge is 2.22. The maximum absolute atomic E-state index is 10.4. The molecule has 0 bridgehead atoms. The van der Waals surface area contributed by atoms with Crippen molar-refractivity contribution in [1.29, 1.82) is 0 Å². The third kappa shape index (κ3) is 3.59. The lowest BCUT2D eigenvalue weighted by molar-refractivity contribution is 0.0880. The average Bonchev–Trinajstić information content (AvgIpc) is 3.36. The Labute approximate surface area is 178 Å². The molecule has 0 aliphatic rings. The van der Waals surface area contributed by atoms with Gasteiger partial charge < -0.3 is 15.4 Å². The zero-order valence-corrected chi connectivity index (χ0v) is 17.4. The molecule has 0 saturated carbocycles. The van der Waals surface area contributed by atoms with Crippen LogP contribution in [0.25, 0.3) is 44.7 Å². The summed E-state index contributed by atoms with van der Waals surface area (Å²) in [6.07, 6.45) is 7.91. The Morgan fingerprint density at radius 1 is 1.03 bits per heavy atom. The number of imidazole rings is 1. The van der Waals surface area contributed by atoms with Gasteiger partial charge in [0.25, 0.3) is 0 Å². The first-order valence-electron chi connectivity index (χ1n) is 9.93. The van der Waals surface area contributed by atoms with Crippen LogP contribution in [0.3, 0.4) is 0 Å². The van der Waals surface area contributed by atoms with Gasteiger partial charge in [-0.05, 0) is 18.2 Å². The predicted molar refractivity (Wildman–Crippen MR) is 119 cm³/mol. The van der Waals surface area contributed by atoms with E-state index in [2.05, 4.69) is 40.4 Å². The number of anilines is 1. The highest BCUT2D eigenvalue weighted by Crippen LogP contribution is 2.30. The molecule has 1 atom stereocenters. The highest BCUT2D eigenvalue weighted by atomic mass is 16.3. The lowest BCUT2D eigenvalue weighted by Gasteiger charge is -2.27. The minimum atomic E-state index is -0.706. The number of aliphatic hydroxyl groups is 1. The minimum absolute atomic E-state index is 0.305. The van der Waals surface area contributed by atoms with Crippen LogP contribution in [0.1, 0.15) is 20.8 Å². The first-order valence-corrected chi connectivity index (χ1v) is 9.93. The number of pyridine rings is 3. The number of nitrogens with one attached hydrogen (secondary N) is 3. The van der Waals surface area contributed by atoms with Crippen LogP contribution in [-0.2, 0) is 0 Å². The van der Waals surface area contributed by atoms with Crippen molar-refractivity contribution < 1.29 is 5.11 Å². The molecule has 5 aromatic rings. The Morgan fingerprint density at radius 3 is 2.71 bits per heavy atom. The molecule has 5 aromatic heterocycles. The Morgan fingerprint density at radius 2 is 1.90 bits per heavy atom. The van der Waals surface area contributed by atoms with Crippen molar-refractivity contribution in [2.75, 3.05) is 5.32 Å². The molecule has 0 radical (unpaired) electrons. The third-order valence-corrected chi connectivity index (χ3v) is 5.11. The van der Waals surface area contributed by atoms with E-state index < -0.39 is 6.23 Å². The van der Waals surface area contributed by atoms with Crippen LogP contribution < -0.4 is 5.32 Å². The van der Waals surface area contributed by atoms with Gasteiger partial charge in [0.15, 0.2) is 5.82 Å². The van der Waals surface area contributed by atoms with Crippen molar-refractivity contribution in [3.8, 4) is 22.8 Å². The van der Waals surface area contributed by atoms with Gasteiger partial charge in [-0.15, -0.1) is 0 Å². The van der Waals surface area contributed by atoms with Gasteiger partial charge >= 0.3 is 0 Å². The zero-order chi connectivity index (χ0) is 21.6. The number of hydrogen-bond acceptors (Lipinski definition) is 7. The summed E-state index contributed by atoms with van der Waals surface area (Å²) >= 11 is 0. The molecule has 1 unspecified atom stereocenters. The van der Waals surface area contributed by atoms with E-state index in [0.29, 0.717) is 11.5 Å². The van der Waals surface area contributed by atoms with Crippen LogP contribution in [0, 0.1) is 5.41 Å². The molecular weight excluding hydrogens is 392 g/mol. The molecule has 5 heterocycles. The molecule has 0 spiro atoms. The number of rotatable bonds is 4. The van der Waals surface area contributed by atoms with Crippen LogP contribution in [0.15, 0.2) is 49.2 Å². The Hall–Kier alpha value is -3.85. The van der Waals surface area contributed by atoms with Crippen LogP contribution in [0.4, 0.5) is 5.69 Å². The molecule has 9 nitrogen and oxygen atoms in total. The van der Waals surface area contributed by atoms with E-state index in [9.17, 15) is 5.11 Å². The molecule has 156 valence electrons. The molecular formula is C22H22N8O. The van der Waals surface area contributed by atoms with Gasteiger partial charge in [0.1, 0.15) is 17.4 Å². The largest absolute Gasteiger partial charge is 0.373 e. The second-order valence-electron chi connectivity index (χ2n) is 8.54. The van der Waals surface area contributed by atoms with Crippen LogP contribution in [0.2, 0.25) is 0 Å². The number of aliphatic hydroxyl groups excluding tert-OH is 1. The summed E-state index contributed by atoms with van der Waals surface area (Å²) < 4.78 is 0. The lowest BCUT2D eigenvalue weighted by Crippen LogP contribution is -2.33. The van der Waals surface area contributed by atoms with Gasteiger partial charge in [-0.25, -0.2) is 4.98 Å². The molecule has 9 heteroatoms. The van der Waals surface area contributed by atoms with Gasteiger partial charge in [0, 0.05) is 28.8 Å². The molecule has 0 saturated heterocycles. The summed E-state index contributed by atoms with van der Waals surface area (Å²) in [6.45, 7) is 5.89. The summed E-state index contributed by atoms with van der Waals surface area (Å²) in [5.41, 5.74) is 5.19. The van der Waals surface area contributed by atoms with Crippen LogP contribution >= 0.6 is 0 Å². The highest BCUT2D eigenvalue weighted by molar-refractivity contribution is 5.94. The first kappa shape index (κ1) is 19.1. The van der Waals surface area contributed by atoms with Crippen molar-refractivity contribution in [3.05, 3.63) is 49.2 Å². The number of hydrogen-bond donors (Lipinski definition) is 4. The van der Waals surface area contributed by atoms with Gasteiger partial charge in [-0.1, -0.05) is 20.8 Å². The molecule has 4 N–H and O–H groups in total. The number of fused-ring (bicyclic) bond motifs is 2. The summed E-state index contributed by atoms with van der Waals surface area (Å²) in [4.78, 5) is 20.9. The molecule has 31 heavy (non-hydrogen) atoms. The topological polar surface area (TPSA) is 128 Å². The first-order chi connectivity index (χ1) is 14.9. The number of nitrogens with zero attached hydrogens (tertiary/aromatic N) is 5. The van der Waals surface area contributed by atoms with E-state index >= 15 is 0 Å². The minimum Gasteiger partial charge on any atom is -0.373 e. The Balaban J connectivity index is 1.53. The molecule has 0 aliphatic heterocycles. The average molecular weight is 414 g/mol. The normalized spacial score (nSPS) is 13.0. The fourth-order valence-corrected chi connectivity index (χ4v) is 3.26. The van der Waals surface area contributed by atoms with E-state index in [1.54, 1.807) is 31.0 Å². The Kier molecular flexibility index (Phi) is 4.40. The Bertz CT molecular complexity index is 1350. The summed E-state index contributed by atoms with van der Waals surface area (Å²) in [7, 11) is 0. The zero-order valence-electron chi connectivity index (χ0n) is 17.4. The number of aromatic nitrogens is 7. The maximum Gasteiger partial charge on any atom is 0.159 e. The molecule has 0 aliphatic carbocycles. The maximum atomic E-state index is 10.4. The van der Waals surface area contributed by atoms with E-state index in [1.165, 1.54) is 0 Å². The lowest BCUT2D eigenvalue weighted by atomic mass is 9.94. The van der Waals surface area contributed by atoms with Crippen molar-refractivity contribution in [3.63, 3.8) is 0 Å². The fourth-order valence-electron chi connectivity index (χ4n) is 3.26. The standard InChI is InChI=1S/C22H22N8O/c1-22(2,3)21(31)26-13-6-12(8-24-9-13)16-7-14-17(11-25-16)29-30-19(14)20-27-15-4-5-23-10-18(15)28-20/h4-11,21,26,31H,1-3H3,(H,27,28)(H,29,30).